The first-order valence-electron chi connectivity index (χ1n) is 15.2. The number of aliphatic hydroxyl groups excluding tert-OH is 1. The Morgan fingerprint density at radius 2 is 1.80 bits per heavy atom. The lowest BCUT2D eigenvalue weighted by molar-refractivity contribution is 0.102. The lowest BCUT2D eigenvalue weighted by Gasteiger charge is -2.42. The molecule has 3 aromatic rings. The van der Waals surface area contributed by atoms with Crippen molar-refractivity contribution in [1.82, 2.24) is 14.8 Å². The van der Waals surface area contributed by atoms with Crippen molar-refractivity contribution in [2.75, 3.05) is 29.9 Å². The number of carbonyl (C=O) groups is 1. The first-order valence-corrected chi connectivity index (χ1v) is 18.2. The zero-order chi connectivity index (χ0) is 29.4. The average Bonchev–Trinajstić information content (AvgIpc) is 3.35. The summed E-state index contributed by atoms with van der Waals surface area (Å²) in [4.78, 5) is 20.1. The van der Waals surface area contributed by atoms with Gasteiger partial charge in [0.15, 0.2) is 8.32 Å². The molecule has 0 spiro atoms. The van der Waals surface area contributed by atoms with Gasteiger partial charge in [-0.1, -0.05) is 26.8 Å². The van der Waals surface area contributed by atoms with Crippen LogP contribution in [0.1, 0.15) is 81.5 Å². The SMILES string of the molecule is Cc1cccc(C(=O)Nc2cc3cn([C@H]4CC[C@H](CO)CC4)nc3cc2N2CCC(O[Si](C)(C)C(C)(C)C)CC2)n1. The van der Waals surface area contributed by atoms with Crippen molar-refractivity contribution in [3.63, 3.8) is 0 Å². The van der Waals surface area contributed by atoms with Gasteiger partial charge in [-0.2, -0.15) is 5.10 Å². The number of amides is 1. The fraction of sp³-hybridized carbons (Fsp3) is 0.594. The van der Waals surface area contributed by atoms with E-state index >= 15 is 0 Å². The third-order valence-electron chi connectivity index (χ3n) is 9.51. The zero-order valence-corrected chi connectivity index (χ0v) is 26.6. The quantitative estimate of drug-likeness (QED) is 0.303. The van der Waals surface area contributed by atoms with Gasteiger partial charge >= 0.3 is 0 Å². The highest BCUT2D eigenvalue weighted by molar-refractivity contribution is 6.74. The molecule has 1 saturated heterocycles. The Kier molecular flexibility index (Phi) is 8.60. The summed E-state index contributed by atoms with van der Waals surface area (Å²) in [5.41, 5.74) is 3.95. The number of aryl methyl sites for hydroxylation is 1. The van der Waals surface area contributed by atoms with Gasteiger partial charge in [0.25, 0.3) is 5.91 Å². The van der Waals surface area contributed by atoms with Crippen LogP contribution in [0.2, 0.25) is 18.1 Å². The number of nitrogens with one attached hydrogen (secondary N) is 1. The van der Waals surface area contributed by atoms with E-state index in [2.05, 4.69) is 72.1 Å². The highest BCUT2D eigenvalue weighted by Crippen LogP contribution is 2.40. The Morgan fingerprint density at radius 3 is 2.44 bits per heavy atom. The number of benzene rings is 1. The molecule has 1 aromatic carbocycles. The topological polar surface area (TPSA) is 92.5 Å². The third kappa shape index (κ3) is 6.68. The first-order chi connectivity index (χ1) is 19.4. The van der Waals surface area contributed by atoms with Gasteiger partial charge in [-0.15, -0.1) is 0 Å². The number of aromatic nitrogens is 3. The molecule has 5 rings (SSSR count). The first kappa shape index (κ1) is 29.7. The van der Waals surface area contributed by atoms with Crippen LogP contribution >= 0.6 is 0 Å². The maximum Gasteiger partial charge on any atom is 0.274 e. The van der Waals surface area contributed by atoms with E-state index in [0.717, 1.165) is 79.6 Å². The number of piperidine rings is 1. The Labute approximate surface area is 245 Å². The van der Waals surface area contributed by atoms with Gasteiger partial charge in [0.05, 0.1) is 22.9 Å². The summed E-state index contributed by atoms with van der Waals surface area (Å²) in [5.74, 6) is 0.198. The number of carbonyl (C=O) groups excluding carboxylic acids is 1. The van der Waals surface area contributed by atoms with Crippen molar-refractivity contribution in [1.29, 1.82) is 0 Å². The lowest BCUT2D eigenvalue weighted by Crippen LogP contribution is -2.47. The van der Waals surface area contributed by atoms with Gasteiger partial charge in [0.1, 0.15) is 5.69 Å². The second kappa shape index (κ2) is 11.9. The maximum atomic E-state index is 13.3. The van der Waals surface area contributed by atoms with Gasteiger partial charge in [-0.3, -0.25) is 9.48 Å². The predicted octanol–water partition coefficient (Wildman–Crippen LogP) is 6.71. The standard InChI is InChI=1S/C32H47N5O3Si/c1-22-8-7-9-27(33-22)31(39)34-29-18-24-20-37(25-12-10-23(21-38)11-13-25)35-28(24)19-30(29)36-16-14-26(15-17-36)40-41(5,6)32(2,3)4/h7-9,18-20,23,25-26,38H,10-17,21H2,1-6H3,(H,34,39)/t23-,25-. The summed E-state index contributed by atoms with van der Waals surface area (Å²) >= 11 is 0. The summed E-state index contributed by atoms with van der Waals surface area (Å²) in [6, 6.07) is 10.1. The summed E-state index contributed by atoms with van der Waals surface area (Å²) in [5, 5.41) is 18.9. The molecule has 2 N–H and O–H groups in total. The second-order valence-electron chi connectivity index (χ2n) is 13.6. The molecular weight excluding hydrogens is 530 g/mol. The third-order valence-corrected chi connectivity index (χ3v) is 14.0. The number of rotatable bonds is 7. The smallest absolute Gasteiger partial charge is 0.274 e. The number of pyridine rings is 1. The van der Waals surface area contributed by atoms with E-state index < -0.39 is 8.32 Å². The molecular formula is C32H47N5O3Si. The molecule has 8 nitrogen and oxygen atoms in total. The molecule has 222 valence electrons. The van der Waals surface area contributed by atoms with E-state index in [0.29, 0.717) is 17.7 Å². The second-order valence-corrected chi connectivity index (χ2v) is 18.3. The van der Waals surface area contributed by atoms with E-state index in [1.807, 2.05) is 19.1 Å². The molecule has 0 unspecified atom stereocenters. The molecule has 2 aliphatic rings. The molecule has 1 aliphatic heterocycles. The molecule has 2 aromatic heterocycles. The monoisotopic (exact) mass is 577 g/mol. The molecule has 1 amide bonds. The van der Waals surface area contributed by atoms with Crippen molar-refractivity contribution in [2.24, 2.45) is 5.92 Å². The molecule has 2 fully saturated rings. The largest absolute Gasteiger partial charge is 0.414 e. The molecule has 0 bridgehead atoms. The summed E-state index contributed by atoms with van der Waals surface area (Å²) in [6.45, 7) is 15.4. The Balaban J connectivity index is 1.40. The summed E-state index contributed by atoms with van der Waals surface area (Å²) in [7, 11) is -1.83. The maximum absolute atomic E-state index is 13.3. The van der Waals surface area contributed by atoms with Gasteiger partial charge in [0.2, 0.25) is 0 Å². The van der Waals surface area contributed by atoms with Crippen LogP contribution in [0.5, 0.6) is 0 Å². The Hall–Kier alpha value is -2.75. The van der Waals surface area contributed by atoms with Crippen LogP contribution in [0, 0.1) is 12.8 Å². The van der Waals surface area contributed by atoms with E-state index in [9.17, 15) is 9.90 Å². The van der Waals surface area contributed by atoms with Crippen LogP contribution in [0.15, 0.2) is 36.5 Å². The minimum Gasteiger partial charge on any atom is -0.414 e. The summed E-state index contributed by atoms with van der Waals surface area (Å²) < 4.78 is 8.86. The molecule has 1 saturated carbocycles. The van der Waals surface area contributed by atoms with E-state index in [4.69, 9.17) is 9.52 Å². The van der Waals surface area contributed by atoms with Gasteiger partial charge < -0.3 is 19.7 Å². The molecule has 9 heteroatoms. The molecule has 1 aliphatic carbocycles. The van der Waals surface area contributed by atoms with Gasteiger partial charge in [-0.25, -0.2) is 4.98 Å². The predicted molar refractivity (Wildman–Crippen MR) is 168 cm³/mol. The summed E-state index contributed by atoms with van der Waals surface area (Å²) in [6.07, 6.45) is 8.40. The Morgan fingerprint density at radius 1 is 1.10 bits per heavy atom. The molecule has 3 heterocycles. The average molecular weight is 578 g/mol. The van der Waals surface area contributed by atoms with Crippen molar-refractivity contribution in [3.8, 4) is 0 Å². The highest BCUT2D eigenvalue weighted by atomic mass is 28.4. The normalized spacial score (nSPS) is 20.9. The number of fused-ring (bicyclic) bond motifs is 1. The highest BCUT2D eigenvalue weighted by Gasteiger charge is 2.40. The van der Waals surface area contributed by atoms with Crippen molar-refractivity contribution < 1.29 is 14.3 Å². The minimum absolute atomic E-state index is 0.187. The van der Waals surface area contributed by atoms with E-state index in [1.165, 1.54) is 0 Å². The molecule has 0 atom stereocenters. The van der Waals surface area contributed by atoms with E-state index in [-0.39, 0.29) is 23.7 Å². The van der Waals surface area contributed by atoms with Crippen molar-refractivity contribution in [3.05, 3.63) is 47.9 Å². The number of hydrogen-bond acceptors (Lipinski definition) is 6. The van der Waals surface area contributed by atoms with E-state index in [1.54, 1.807) is 6.07 Å². The van der Waals surface area contributed by atoms with Crippen LogP contribution in [0.25, 0.3) is 10.9 Å². The Bertz CT molecular complexity index is 1370. The molecule has 41 heavy (non-hydrogen) atoms. The van der Waals surface area contributed by atoms with Crippen molar-refractivity contribution >= 4 is 36.5 Å². The number of nitrogens with zero attached hydrogens (tertiary/aromatic N) is 4. The van der Waals surface area contributed by atoms with Gasteiger partial charge in [-0.05, 0) is 93.8 Å². The van der Waals surface area contributed by atoms with Crippen LogP contribution in [-0.4, -0.2) is 59.9 Å². The van der Waals surface area contributed by atoms with Crippen molar-refractivity contribution in [2.45, 2.75) is 96.5 Å². The van der Waals surface area contributed by atoms with Crippen LogP contribution in [-0.2, 0) is 4.43 Å². The fourth-order valence-electron chi connectivity index (χ4n) is 5.88. The number of hydrogen-bond donors (Lipinski definition) is 2. The van der Waals surface area contributed by atoms with Crippen LogP contribution in [0.4, 0.5) is 11.4 Å². The fourth-order valence-corrected chi connectivity index (χ4v) is 7.31. The van der Waals surface area contributed by atoms with Crippen LogP contribution in [0.3, 0.4) is 0 Å². The van der Waals surface area contributed by atoms with Crippen LogP contribution < -0.4 is 10.2 Å². The molecule has 0 radical (unpaired) electrons. The zero-order valence-electron chi connectivity index (χ0n) is 25.6. The number of anilines is 2. The minimum atomic E-state index is -1.83. The van der Waals surface area contributed by atoms with Gasteiger partial charge in [0, 0.05) is 43.1 Å². The number of aliphatic hydroxyl groups is 1. The lowest BCUT2D eigenvalue weighted by atomic mass is 9.87.